The molecule has 1 N–H and O–H groups in total. The minimum absolute atomic E-state index is 0.0720. The summed E-state index contributed by atoms with van der Waals surface area (Å²) in [6.07, 6.45) is 2.64. The molecule has 5 heteroatoms. The molecule has 0 bridgehead atoms. The molecule has 4 nitrogen and oxygen atoms in total. The Morgan fingerprint density at radius 3 is 2.67 bits per heavy atom. The first kappa shape index (κ1) is 15.9. The molecule has 1 unspecified atom stereocenters. The second-order valence-electron chi connectivity index (χ2n) is 5.34. The Bertz CT molecular complexity index is 506. The number of carboxylic acid groups (broad SMARTS) is 1. The highest BCUT2D eigenvalue weighted by Gasteiger charge is 2.48. The highest BCUT2D eigenvalue weighted by molar-refractivity contribution is 8.00. The zero-order chi connectivity index (χ0) is 15.3. The summed E-state index contributed by atoms with van der Waals surface area (Å²) in [6.45, 7) is 2.52. The van der Waals surface area contributed by atoms with Gasteiger partial charge in [0.2, 0.25) is 5.91 Å². The van der Waals surface area contributed by atoms with Crippen LogP contribution in [0.5, 0.6) is 0 Å². The van der Waals surface area contributed by atoms with E-state index >= 15 is 0 Å². The van der Waals surface area contributed by atoms with Crippen LogP contribution in [0.25, 0.3) is 0 Å². The molecule has 0 aliphatic carbocycles. The van der Waals surface area contributed by atoms with E-state index < -0.39 is 11.5 Å². The van der Waals surface area contributed by atoms with E-state index in [1.807, 2.05) is 37.3 Å². The lowest BCUT2D eigenvalue weighted by atomic mass is 9.90. The predicted octanol–water partition coefficient (Wildman–Crippen LogP) is 3.02. The van der Waals surface area contributed by atoms with Crippen LogP contribution in [0.4, 0.5) is 0 Å². The molecular formula is C16H21NO3S. The van der Waals surface area contributed by atoms with Gasteiger partial charge in [0.05, 0.1) is 5.75 Å². The van der Waals surface area contributed by atoms with Gasteiger partial charge in [0.15, 0.2) is 0 Å². The van der Waals surface area contributed by atoms with E-state index in [2.05, 4.69) is 0 Å². The van der Waals surface area contributed by atoms with E-state index in [9.17, 15) is 14.7 Å². The second-order valence-corrected chi connectivity index (χ2v) is 6.39. The third-order valence-corrected chi connectivity index (χ3v) is 4.95. The Morgan fingerprint density at radius 1 is 1.33 bits per heavy atom. The maximum Gasteiger partial charge on any atom is 0.329 e. The quantitative estimate of drug-likeness (QED) is 0.821. The molecule has 1 aliphatic rings. The number of carbonyl (C=O) groups excluding carboxylic acids is 1. The summed E-state index contributed by atoms with van der Waals surface area (Å²) in [6, 6.07) is 9.71. The Balaban J connectivity index is 2.05. The van der Waals surface area contributed by atoms with Crippen molar-refractivity contribution in [3.63, 3.8) is 0 Å². The first-order valence-corrected chi connectivity index (χ1v) is 8.30. The van der Waals surface area contributed by atoms with Crippen LogP contribution in [0.1, 0.15) is 32.6 Å². The Labute approximate surface area is 129 Å². The van der Waals surface area contributed by atoms with Crippen LogP contribution in [0, 0.1) is 0 Å². The normalized spacial score (nSPS) is 21.5. The second kappa shape index (κ2) is 6.98. The average molecular weight is 307 g/mol. The summed E-state index contributed by atoms with van der Waals surface area (Å²) >= 11 is 1.46. The molecule has 1 heterocycles. The molecule has 1 aliphatic heterocycles. The lowest BCUT2D eigenvalue weighted by Crippen LogP contribution is -2.53. The molecule has 1 aromatic carbocycles. The van der Waals surface area contributed by atoms with Crippen molar-refractivity contribution in [2.24, 2.45) is 0 Å². The van der Waals surface area contributed by atoms with Gasteiger partial charge in [-0.05, 0) is 31.4 Å². The summed E-state index contributed by atoms with van der Waals surface area (Å²) in [7, 11) is 0. The smallest absolute Gasteiger partial charge is 0.329 e. The highest BCUT2D eigenvalue weighted by atomic mass is 32.2. The number of likely N-dealkylation sites (tertiary alicyclic amines) is 1. The monoisotopic (exact) mass is 307 g/mol. The molecule has 1 saturated heterocycles. The Morgan fingerprint density at radius 2 is 2.05 bits per heavy atom. The minimum atomic E-state index is -0.983. The van der Waals surface area contributed by atoms with Crippen molar-refractivity contribution in [3.8, 4) is 0 Å². The summed E-state index contributed by atoms with van der Waals surface area (Å²) < 4.78 is 0. The van der Waals surface area contributed by atoms with Crippen LogP contribution in [-0.4, -0.2) is 39.7 Å². The molecule has 1 fully saturated rings. The number of carbonyl (C=O) groups is 2. The molecule has 1 atom stereocenters. The number of thioether (sulfide) groups is 1. The maximum absolute atomic E-state index is 12.5. The minimum Gasteiger partial charge on any atom is -0.479 e. The zero-order valence-electron chi connectivity index (χ0n) is 12.2. The summed E-state index contributed by atoms with van der Waals surface area (Å²) in [5.41, 5.74) is -0.983. The first-order valence-electron chi connectivity index (χ1n) is 7.32. The van der Waals surface area contributed by atoms with Crippen LogP contribution in [0.2, 0.25) is 0 Å². The third kappa shape index (κ3) is 3.40. The molecule has 114 valence electrons. The van der Waals surface area contributed by atoms with Crippen LogP contribution < -0.4 is 0 Å². The number of carboxylic acids is 1. The van der Waals surface area contributed by atoms with E-state index in [-0.39, 0.29) is 5.91 Å². The molecule has 0 saturated carbocycles. The van der Waals surface area contributed by atoms with Gasteiger partial charge < -0.3 is 10.0 Å². The van der Waals surface area contributed by atoms with Gasteiger partial charge in [-0.15, -0.1) is 11.8 Å². The number of rotatable bonds is 6. The fraction of sp³-hybridized carbons (Fsp3) is 0.500. The van der Waals surface area contributed by atoms with Gasteiger partial charge in [0.1, 0.15) is 5.54 Å². The number of amides is 1. The van der Waals surface area contributed by atoms with E-state index in [0.29, 0.717) is 25.1 Å². The Kier molecular flexibility index (Phi) is 5.28. The van der Waals surface area contributed by atoms with Gasteiger partial charge in [-0.2, -0.15) is 0 Å². The molecule has 0 radical (unpaired) electrons. The topological polar surface area (TPSA) is 57.6 Å². The van der Waals surface area contributed by atoms with Gasteiger partial charge in [0.25, 0.3) is 0 Å². The van der Waals surface area contributed by atoms with Crippen LogP contribution in [0.3, 0.4) is 0 Å². The molecule has 1 aromatic rings. The average Bonchev–Trinajstić information content (AvgIpc) is 2.91. The lowest BCUT2D eigenvalue weighted by molar-refractivity contribution is -0.156. The maximum atomic E-state index is 12.5. The summed E-state index contributed by atoms with van der Waals surface area (Å²) in [5, 5.41) is 9.60. The van der Waals surface area contributed by atoms with Crippen LogP contribution in [-0.2, 0) is 9.59 Å². The number of hydrogen-bond donors (Lipinski definition) is 1. The van der Waals surface area contributed by atoms with E-state index in [4.69, 9.17) is 0 Å². The van der Waals surface area contributed by atoms with Crippen molar-refractivity contribution in [2.75, 3.05) is 12.3 Å². The summed E-state index contributed by atoms with van der Waals surface area (Å²) in [4.78, 5) is 26.8. The van der Waals surface area contributed by atoms with Crippen molar-refractivity contribution in [3.05, 3.63) is 30.3 Å². The van der Waals surface area contributed by atoms with Gasteiger partial charge in [-0.3, -0.25) is 4.79 Å². The van der Waals surface area contributed by atoms with Crippen molar-refractivity contribution in [1.29, 1.82) is 0 Å². The Hall–Kier alpha value is -1.49. The molecule has 0 aromatic heterocycles. The van der Waals surface area contributed by atoms with Crippen molar-refractivity contribution in [2.45, 2.75) is 43.0 Å². The zero-order valence-corrected chi connectivity index (χ0v) is 13.1. The van der Waals surface area contributed by atoms with Gasteiger partial charge >= 0.3 is 5.97 Å². The predicted molar refractivity (Wildman–Crippen MR) is 83.4 cm³/mol. The molecule has 2 rings (SSSR count). The number of hydrogen-bond acceptors (Lipinski definition) is 3. The summed E-state index contributed by atoms with van der Waals surface area (Å²) in [5.74, 6) is -0.639. The van der Waals surface area contributed by atoms with Crippen LogP contribution in [0.15, 0.2) is 35.2 Å². The van der Waals surface area contributed by atoms with Gasteiger partial charge in [0, 0.05) is 11.4 Å². The molecular weight excluding hydrogens is 286 g/mol. The number of aliphatic carboxylic acids is 1. The van der Waals surface area contributed by atoms with E-state index in [0.717, 1.165) is 17.7 Å². The van der Waals surface area contributed by atoms with Crippen LogP contribution >= 0.6 is 11.8 Å². The van der Waals surface area contributed by atoms with E-state index in [1.165, 1.54) is 11.8 Å². The molecule has 21 heavy (non-hydrogen) atoms. The fourth-order valence-electron chi connectivity index (χ4n) is 2.98. The first-order chi connectivity index (χ1) is 10.1. The number of benzene rings is 1. The van der Waals surface area contributed by atoms with Crippen molar-refractivity contribution in [1.82, 2.24) is 4.90 Å². The highest BCUT2D eigenvalue weighted by Crippen LogP contribution is 2.35. The number of nitrogens with zero attached hydrogens (tertiary/aromatic N) is 1. The molecule has 0 spiro atoms. The van der Waals surface area contributed by atoms with Gasteiger partial charge in [-0.1, -0.05) is 31.5 Å². The SMILES string of the molecule is CCCC1(C(=O)O)CCCN1C(=O)CSc1ccccc1. The van der Waals surface area contributed by atoms with Gasteiger partial charge in [-0.25, -0.2) is 4.79 Å². The van der Waals surface area contributed by atoms with Crippen molar-refractivity contribution < 1.29 is 14.7 Å². The van der Waals surface area contributed by atoms with E-state index in [1.54, 1.807) is 4.90 Å². The fourth-order valence-corrected chi connectivity index (χ4v) is 3.78. The standard InChI is InChI=1S/C16H21NO3S/c1-2-9-16(15(19)20)10-6-11-17(16)14(18)12-21-13-7-4-3-5-8-13/h3-5,7-8H,2,6,9-12H2,1H3,(H,19,20). The van der Waals surface area contributed by atoms with Crippen molar-refractivity contribution >= 4 is 23.6 Å². The largest absolute Gasteiger partial charge is 0.479 e. The third-order valence-electron chi connectivity index (χ3n) is 3.96. The molecule has 1 amide bonds. The lowest BCUT2D eigenvalue weighted by Gasteiger charge is -2.34.